The van der Waals surface area contributed by atoms with Gasteiger partial charge in [-0.2, -0.15) is 0 Å². The summed E-state index contributed by atoms with van der Waals surface area (Å²) in [6.45, 7) is 4.17. The van der Waals surface area contributed by atoms with Crippen molar-refractivity contribution in [1.29, 1.82) is 0 Å². The van der Waals surface area contributed by atoms with Crippen molar-refractivity contribution in [3.05, 3.63) is 23.8 Å². The number of fused-ring (bicyclic) bond motifs is 1. The number of ether oxygens (including phenoxy) is 3. The van der Waals surface area contributed by atoms with Gasteiger partial charge in [0.25, 0.3) is 0 Å². The molecule has 4 heteroatoms. The molecule has 1 N–H and O–H groups in total. The van der Waals surface area contributed by atoms with E-state index in [4.69, 9.17) is 14.2 Å². The molecule has 0 radical (unpaired) electrons. The summed E-state index contributed by atoms with van der Waals surface area (Å²) in [5.41, 5.74) is 1.22. The molecule has 4 nitrogen and oxygen atoms in total. The van der Waals surface area contributed by atoms with Gasteiger partial charge in [0.15, 0.2) is 11.5 Å². The van der Waals surface area contributed by atoms with Crippen LogP contribution in [0.25, 0.3) is 0 Å². The summed E-state index contributed by atoms with van der Waals surface area (Å²) in [4.78, 5) is 0. The highest BCUT2D eigenvalue weighted by Gasteiger charge is 2.20. The summed E-state index contributed by atoms with van der Waals surface area (Å²) in [7, 11) is 0. The molecule has 0 bridgehead atoms. The predicted molar refractivity (Wildman–Crippen MR) is 63.3 cm³/mol. The van der Waals surface area contributed by atoms with E-state index in [1.54, 1.807) is 0 Å². The van der Waals surface area contributed by atoms with Gasteiger partial charge in [-0.25, -0.2) is 0 Å². The SMILES string of the molecule is CC(NC1CCOC1)c1ccc2c(c1)OCO2. The van der Waals surface area contributed by atoms with E-state index in [0.717, 1.165) is 31.1 Å². The second-order valence-corrected chi connectivity index (χ2v) is 4.56. The van der Waals surface area contributed by atoms with Gasteiger partial charge in [-0.1, -0.05) is 6.07 Å². The van der Waals surface area contributed by atoms with Crippen LogP contribution >= 0.6 is 0 Å². The van der Waals surface area contributed by atoms with Crippen molar-refractivity contribution in [2.24, 2.45) is 0 Å². The summed E-state index contributed by atoms with van der Waals surface area (Å²) in [6.07, 6.45) is 1.09. The van der Waals surface area contributed by atoms with Gasteiger partial charge in [-0.05, 0) is 31.0 Å². The first-order chi connectivity index (χ1) is 8.33. The quantitative estimate of drug-likeness (QED) is 0.868. The molecule has 1 saturated heterocycles. The van der Waals surface area contributed by atoms with E-state index >= 15 is 0 Å². The molecule has 3 rings (SSSR count). The smallest absolute Gasteiger partial charge is 0.231 e. The molecular formula is C13H17NO3. The van der Waals surface area contributed by atoms with Crippen molar-refractivity contribution in [3.8, 4) is 11.5 Å². The lowest BCUT2D eigenvalue weighted by molar-refractivity contribution is 0.174. The molecule has 2 aliphatic heterocycles. The van der Waals surface area contributed by atoms with E-state index in [1.807, 2.05) is 6.07 Å². The lowest BCUT2D eigenvalue weighted by Crippen LogP contribution is -2.31. The van der Waals surface area contributed by atoms with Gasteiger partial charge in [0.2, 0.25) is 6.79 Å². The number of nitrogens with one attached hydrogen (secondary N) is 1. The molecule has 17 heavy (non-hydrogen) atoms. The summed E-state index contributed by atoms with van der Waals surface area (Å²) < 4.78 is 16.0. The third-order valence-corrected chi connectivity index (χ3v) is 3.31. The molecule has 0 amide bonds. The minimum Gasteiger partial charge on any atom is -0.454 e. The second-order valence-electron chi connectivity index (χ2n) is 4.56. The summed E-state index contributed by atoms with van der Waals surface area (Å²) in [5.74, 6) is 1.68. The Morgan fingerprint density at radius 2 is 2.18 bits per heavy atom. The minimum atomic E-state index is 0.302. The molecule has 0 saturated carbocycles. The van der Waals surface area contributed by atoms with Crippen LogP contribution in [0.4, 0.5) is 0 Å². The Morgan fingerprint density at radius 1 is 1.29 bits per heavy atom. The first-order valence-corrected chi connectivity index (χ1v) is 6.06. The molecule has 1 aromatic carbocycles. The molecule has 92 valence electrons. The van der Waals surface area contributed by atoms with Crippen molar-refractivity contribution >= 4 is 0 Å². The highest BCUT2D eigenvalue weighted by atomic mass is 16.7. The Hall–Kier alpha value is -1.26. The first-order valence-electron chi connectivity index (χ1n) is 6.06. The molecular weight excluding hydrogens is 218 g/mol. The Bertz CT molecular complexity index is 402. The molecule has 2 heterocycles. The van der Waals surface area contributed by atoms with Crippen molar-refractivity contribution in [3.63, 3.8) is 0 Å². The fourth-order valence-corrected chi connectivity index (χ4v) is 2.30. The summed E-state index contributed by atoms with van der Waals surface area (Å²) >= 11 is 0. The molecule has 1 fully saturated rings. The maximum Gasteiger partial charge on any atom is 0.231 e. The Balaban J connectivity index is 1.70. The lowest BCUT2D eigenvalue weighted by atomic mass is 10.1. The van der Waals surface area contributed by atoms with Crippen LogP contribution in [0.1, 0.15) is 24.9 Å². The zero-order valence-corrected chi connectivity index (χ0v) is 9.94. The van der Waals surface area contributed by atoms with E-state index in [2.05, 4.69) is 24.4 Å². The third kappa shape index (κ3) is 2.23. The molecule has 0 aliphatic carbocycles. The van der Waals surface area contributed by atoms with Gasteiger partial charge in [0, 0.05) is 18.7 Å². The maximum atomic E-state index is 5.38. The Kier molecular flexibility index (Phi) is 2.91. The van der Waals surface area contributed by atoms with E-state index in [-0.39, 0.29) is 0 Å². The van der Waals surface area contributed by atoms with Crippen molar-refractivity contribution in [2.45, 2.75) is 25.4 Å². The van der Waals surface area contributed by atoms with Gasteiger partial charge in [-0.3, -0.25) is 0 Å². The van der Waals surface area contributed by atoms with Crippen LogP contribution in [-0.4, -0.2) is 26.0 Å². The average molecular weight is 235 g/mol. The van der Waals surface area contributed by atoms with E-state index < -0.39 is 0 Å². The average Bonchev–Trinajstić information content (AvgIpc) is 2.97. The van der Waals surface area contributed by atoms with Crippen LogP contribution in [0.2, 0.25) is 0 Å². The normalized spacial score (nSPS) is 23.9. The molecule has 2 atom stereocenters. The number of benzene rings is 1. The first kappa shape index (κ1) is 10.9. The van der Waals surface area contributed by atoms with Crippen molar-refractivity contribution < 1.29 is 14.2 Å². The van der Waals surface area contributed by atoms with Crippen LogP contribution in [0.15, 0.2) is 18.2 Å². The second kappa shape index (κ2) is 4.55. The Morgan fingerprint density at radius 3 is 3.00 bits per heavy atom. The fourth-order valence-electron chi connectivity index (χ4n) is 2.30. The molecule has 2 unspecified atom stereocenters. The standard InChI is InChI=1S/C13H17NO3/c1-9(14-11-4-5-15-7-11)10-2-3-12-13(6-10)17-8-16-12/h2-3,6,9,11,14H,4-5,7-8H2,1H3. The molecule has 0 aromatic heterocycles. The zero-order valence-electron chi connectivity index (χ0n) is 9.94. The van der Waals surface area contributed by atoms with Gasteiger partial charge >= 0.3 is 0 Å². The predicted octanol–water partition coefficient (Wildman–Crippen LogP) is 1.85. The van der Waals surface area contributed by atoms with Crippen LogP contribution < -0.4 is 14.8 Å². The van der Waals surface area contributed by atoms with E-state index in [1.165, 1.54) is 5.56 Å². The van der Waals surface area contributed by atoms with Crippen LogP contribution in [0.5, 0.6) is 11.5 Å². The van der Waals surface area contributed by atoms with Crippen molar-refractivity contribution in [2.75, 3.05) is 20.0 Å². The van der Waals surface area contributed by atoms with E-state index in [9.17, 15) is 0 Å². The third-order valence-electron chi connectivity index (χ3n) is 3.31. The van der Waals surface area contributed by atoms with Crippen LogP contribution in [0, 0.1) is 0 Å². The van der Waals surface area contributed by atoms with Gasteiger partial charge < -0.3 is 19.5 Å². The fraction of sp³-hybridized carbons (Fsp3) is 0.538. The highest BCUT2D eigenvalue weighted by Crippen LogP contribution is 2.34. The van der Waals surface area contributed by atoms with Gasteiger partial charge in [0.05, 0.1) is 6.61 Å². The highest BCUT2D eigenvalue weighted by molar-refractivity contribution is 5.45. The van der Waals surface area contributed by atoms with Gasteiger partial charge in [0.1, 0.15) is 0 Å². The van der Waals surface area contributed by atoms with Crippen molar-refractivity contribution in [1.82, 2.24) is 5.32 Å². The Labute approximate surface area is 101 Å². The summed E-state index contributed by atoms with van der Waals surface area (Å²) in [6, 6.07) is 6.88. The lowest BCUT2D eigenvalue weighted by Gasteiger charge is -2.18. The summed E-state index contributed by atoms with van der Waals surface area (Å²) in [5, 5.41) is 3.56. The number of hydrogen-bond donors (Lipinski definition) is 1. The van der Waals surface area contributed by atoms with Crippen LogP contribution in [-0.2, 0) is 4.74 Å². The number of rotatable bonds is 3. The van der Waals surface area contributed by atoms with E-state index in [0.29, 0.717) is 18.9 Å². The zero-order chi connectivity index (χ0) is 11.7. The monoisotopic (exact) mass is 235 g/mol. The topological polar surface area (TPSA) is 39.7 Å². The molecule has 0 spiro atoms. The minimum absolute atomic E-state index is 0.302. The van der Waals surface area contributed by atoms with Crippen LogP contribution in [0.3, 0.4) is 0 Å². The number of hydrogen-bond acceptors (Lipinski definition) is 4. The molecule has 1 aromatic rings. The largest absolute Gasteiger partial charge is 0.454 e. The van der Waals surface area contributed by atoms with Gasteiger partial charge in [-0.15, -0.1) is 0 Å². The molecule has 2 aliphatic rings. The maximum absolute atomic E-state index is 5.38.